The van der Waals surface area contributed by atoms with Gasteiger partial charge in [-0.05, 0) is 74.5 Å². The largest absolute Gasteiger partial charge is 0.497 e. The average Bonchev–Trinajstić information content (AvgIpc) is 3.23. The van der Waals surface area contributed by atoms with E-state index in [-0.39, 0.29) is 11.7 Å². The molecule has 2 N–H and O–H groups in total. The average molecular weight is 432 g/mol. The zero-order chi connectivity index (χ0) is 22.7. The fourth-order valence-electron chi connectivity index (χ4n) is 3.65. The fourth-order valence-corrected chi connectivity index (χ4v) is 3.65. The minimum absolute atomic E-state index is 0.210. The number of fused-ring (bicyclic) bond motifs is 1. The van der Waals surface area contributed by atoms with Crippen molar-refractivity contribution in [3.05, 3.63) is 72.0 Å². The number of methoxy groups -OCH3 is 1. The van der Waals surface area contributed by atoms with E-state index in [1.165, 1.54) is 12.1 Å². The number of nitrogens with zero attached hydrogens (tertiary/aromatic N) is 2. The highest BCUT2D eigenvalue weighted by Crippen LogP contribution is 2.32. The number of H-pyrrole nitrogens is 1. The molecule has 0 fully saturated rings. The third-order valence-corrected chi connectivity index (χ3v) is 5.42. The van der Waals surface area contributed by atoms with Gasteiger partial charge in [-0.2, -0.15) is 0 Å². The minimum atomic E-state index is -0.294. The van der Waals surface area contributed by atoms with Crippen molar-refractivity contribution in [2.24, 2.45) is 0 Å². The van der Waals surface area contributed by atoms with Gasteiger partial charge in [0.25, 0.3) is 5.91 Å². The molecule has 4 rings (SSSR count). The van der Waals surface area contributed by atoms with Gasteiger partial charge in [-0.15, -0.1) is 0 Å². The Morgan fingerprint density at radius 2 is 1.75 bits per heavy atom. The van der Waals surface area contributed by atoms with Crippen molar-refractivity contribution in [2.75, 3.05) is 30.4 Å². The number of aromatic amines is 1. The van der Waals surface area contributed by atoms with E-state index in [9.17, 15) is 9.18 Å². The monoisotopic (exact) mass is 432 g/mol. The van der Waals surface area contributed by atoms with E-state index in [1.807, 2.05) is 12.1 Å². The number of hydrogen-bond acceptors (Lipinski definition) is 4. The zero-order valence-corrected chi connectivity index (χ0v) is 18.3. The Bertz CT molecular complexity index is 1230. The lowest BCUT2D eigenvalue weighted by atomic mass is 10.1. The number of anilines is 2. The fraction of sp³-hybridized carbons (Fsp3) is 0.200. The standard InChI is InChI=1S/C25H25FN4O2/c1-4-30(5-2)23-15-21-20(27-24(28-21)16-6-10-18(26)11-7-16)14-22(23)29-25(31)17-8-12-19(32-3)13-9-17/h6-15H,4-5H2,1-3H3,(H,27,28)(H,29,31). The quantitative estimate of drug-likeness (QED) is 0.406. The van der Waals surface area contributed by atoms with E-state index in [0.29, 0.717) is 22.8 Å². The Hall–Kier alpha value is -3.87. The second-order valence-corrected chi connectivity index (χ2v) is 7.33. The Balaban J connectivity index is 1.73. The van der Waals surface area contributed by atoms with Gasteiger partial charge in [-0.25, -0.2) is 9.37 Å². The van der Waals surface area contributed by atoms with Crippen molar-refractivity contribution in [1.29, 1.82) is 0 Å². The van der Waals surface area contributed by atoms with Gasteiger partial charge in [-0.3, -0.25) is 4.79 Å². The Morgan fingerprint density at radius 1 is 1.06 bits per heavy atom. The molecule has 0 atom stereocenters. The third-order valence-electron chi connectivity index (χ3n) is 5.42. The summed E-state index contributed by atoms with van der Waals surface area (Å²) in [5.74, 6) is 0.831. The van der Waals surface area contributed by atoms with Crippen LogP contribution in [0.1, 0.15) is 24.2 Å². The molecule has 6 nitrogen and oxygen atoms in total. The number of carbonyl (C=O) groups is 1. The van der Waals surface area contributed by atoms with E-state index in [4.69, 9.17) is 9.72 Å². The lowest BCUT2D eigenvalue weighted by Crippen LogP contribution is -2.24. The van der Waals surface area contributed by atoms with Crippen LogP contribution in [0.2, 0.25) is 0 Å². The molecule has 1 heterocycles. The molecule has 0 aliphatic carbocycles. The van der Waals surface area contributed by atoms with E-state index in [2.05, 4.69) is 29.0 Å². The predicted octanol–water partition coefficient (Wildman–Crippen LogP) is 5.48. The summed E-state index contributed by atoms with van der Waals surface area (Å²) in [5.41, 5.74) is 4.46. The highest BCUT2D eigenvalue weighted by molar-refractivity contribution is 6.07. The van der Waals surface area contributed by atoms with Crippen LogP contribution in [0.25, 0.3) is 22.4 Å². The number of ether oxygens (including phenoxy) is 1. The smallest absolute Gasteiger partial charge is 0.255 e. The summed E-state index contributed by atoms with van der Waals surface area (Å²) >= 11 is 0. The number of aromatic nitrogens is 2. The molecule has 7 heteroatoms. The van der Waals surface area contributed by atoms with Gasteiger partial charge in [0, 0.05) is 24.2 Å². The number of imidazole rings is 1. The highest BCUT2D eigenvalue weighted by atomic mass is 19.1. The van der Waals surface area contributed by atoms with Gasteiger partial charge < -0.3 is 19.9 Å². The van der Waals surface area contributed by atoms with Crippen LogP contribution in [-0.2, 0) is 0 Å². The normalized spacial score (nSPS) is 10.9. The maximum atomic E-state index is 13.3. The molecule has 0 aliphatic rings. The van der Waals surface area contributed by atoms with Gasteiger partial charge in [-0.1, -0.05) is 0 Å². The topological polar surface area (TPSA) is 70.2 Å². The molecule has 0 radical (unpaired) electrons. The summed E-state index contributed by atoms with van der Waals surface area (Å²) in [6, 6.07) is 17.0. The second kappa shape index (κ2) is 9.09. The summed E-state index contributed by atoms with van der Waals surface area (Å²) in [5, 5.41) is 3.04. The van der Waals surface area contributed by atoms with Gasteiger partial charge in [0.15, 0.2) is 0 Å². The Labute approximate surface area is 186 Å². The molecular weight excluding hydrogens is 407 g/mol. The first-order valence-electron chi connectivity index (χ1n) is 10.5. The number of rotatable bonds is 7. The van der Waals surface area contributed by atoms with Crippen LogP contribution in [0.4, 0.5) is 15.8 Å². The third kappa shape index (κ3) is 4.27. The summed E-state index contributed by atoms with van der Waals surface area (Å²) in [6.45, 7) is 5.69. The number of hydrogen-bond donors (Lipinski definition) is 2. The van der Waals surface area contributed by atoms with Crippen LogP contribution in [0.5, 0.6) is 5.75 Å². The van der Waals surface area contributed by atoms with E-state index < -0.39 is 0 Å². The van der Waals surface area contributed by atoms with Crippen molar-refractivity contribution < 1.29 is 13.9 Å². The van der Waals surface area contributed by atoms with Crippen molar-refractivity contribution in [1.82, 2.24) is 9.97 Å². The Morgan fingerprint density at radius 3 is 2.38 bits per heavy atom. The molecule has 0 spiro atoms. The molecular formula is C25H25FN4O2. The van der Waals surface area contributed by atoms with Crippen molar-refractivity contribution in [2.45, 2.75) is 13.8 Å². The minimum Gasteiger partial charge on any atom is -0.497 e. The highest BCUT2D eigenvalue weighted by Gasteiger charge is 2.16. The number of nitrogens with one attached hydrogen (secondary N) is 2. The first-order valence-corrected chi connectivity index (χ1v) is 10.5. The molecule has 0 aliphatic heterocycles. The van der Waals surface area contributed by atoms with Gasteiger partial charge >= 0.3 is 0 Å². The summed E-state index contributed by atoms with van der Waals surface area (Å²) in [6.07, 6.45) is 0. The lowest BCUT2D eigenvalue weighted by Gasteiger charge is -2.24. The van der Waals surface area contributed by atoms with E-state index in [0.717, 1.165) is 35.4 Å². The first kappa shape index (κ1) is 21.4. The number of carbonyl (C=O) groups excluding carboxylic acids is 1. The molecule has 0 bridgehead atoms. The van der Waals surface area contributed by atoms with Crippen molar-refractivity contribution in [3.63, 3.8) is 0 Å². The molecule has 0 saturated carbocycles. The molecule has 3 aromatic carbocycles. The second-order valence-electron chi connectivity index (χ2n) is 7.33. The first-order chi connectivity index (χ1) is 15.5. The Kier molecular flexibility index (Phi) is 6.07. The van der Waals surface area contributed by atoms with Crippen LogP contribution in [-0.4, -0.2) is 36.1 Å². The van der Waals surface area contributed by atoms with E-state index >= 15 is 0 Å². The molecule has 32 heavy (non-hydrogen) atoms. The SMILES string of the molecule is CCN(CC)c1cc2nc(-c3ccc(F)cc3)[nH]c2cc1NC(=O)c1ccc(OC)cc1. The molecule has 1 aromatic heterocycles. The zero-order valence-electron chi connectivity index (χ0n) is 18.3. The summed E-state index contributed by atoms with van der Waals surface area (Å²) in [7, 11) is 1.59. The number of halogens is 1. The summed E-state index contributed by atoms with van der Waals surface area (Å²) in [4.78, 5) is 23.1. The van der Waals surface area contributed by atoms with Crippen molar-refractivity contribution >= 4 is 28.3 Å². The molecule has 0 saturated heterocycles. The molecule has 4 aromatic rings. The summed E-state index contributed by atoms with van der Waals surface area (Å²) < 4.78 is 18.5. The van der Waals surface area contributed by atoms with Gasteiger partial charge in [0.2, 0.25) is 0 Å². The van der Waals surface area contributed by atoms with Gasteiger partial charge in [0.1, 0.15) is 17.4 Å². The van der Waals surface area contributed by atoms with Crippen LogP contribution >= 0.6 is 0 Å². The van der Waals surface area contributed by atoms with Crippen LogP contribution in [0, 0.1) is 5.82 Å². The molecule has 1 amide bonds. The van der Waals surface area contributed by atoms with Crippen molar-refractivity contribution in [3.8, 4) is 17.1 Å². The molecule has 0 unspecified atom stereocenters. The lowest BCUT2D eigenvalue weighted by molar-refractivity contribution is 0.102. The van der Waals surface area contributed by atoms with Crippen LogP contribution in [0.15, 0.2) is 60.7 Å². The van der Waals surface area contributed by atoms with Crippen LogP contribution < -0.4 is 15.0 Å². The predicted molar refractivity (Wildman–Crippen MR) is 126 cm³/mol. The van der Waals surface area contributed by atoms with Gasteiger partial charge in [0.05, 0.1) is 29.5 Å². The molecule has 164 valence electrons. The maximum absolute atomic E-state index is 13.3. The number of amides is 1. The van der Waals surface area contributed by atoms with E-state index in [1.54, 1.807) is 43.5 Å². The number of benzene rings is 3. The maximum Gasteiger partial charge on any atom is 0.255 e. The van der Waals surface area contributed by atoms with Crippen LogP contribution in [0.3, 0.4) is 0 Å².